The van der Waals surface area contributed by atoms with Gasteiger partial charge >= 0.3 is 12.0 Å². The number of aliphatic hydroxyl groups is 1. The summed E-state index contributed by atoms with van der Waals surface area (Å²) >= 11 is 0. The Kier molecular flexibility index (Phi) is 7.45. The molecular formula is C14H26N2O5. The van der Waals surface area contributed by atoms with Gasteiger partial charge in [0.1, 0.15) is 0 Å². The molecule has 7 heteroatoms. The predicted molar refractivity (Wildman–Crippen MR) is 77.0 cm³/mol. The second-order valence-corrected chi connectivity index (χ2v) is 5.63. The van der Waals surface area contributed by atoms with E-state index in [1.54, 1.807) is 11.8 Å². The summed E-state index contributed by atoms with van der Waals surface area (Å²) in [5, 5.41) is 20.9. The molecular weight excluding hydrogens is 276 g/mol. The molecule has 21 heavy (non-hydrogen) atoms. The second kappa shape index (κ2) is 8.84. The molecule has 0 bridgehead atoms. The van der Waals surface area contributed by atoms with Crippen molar-refractivity contribution in [2.75, 3.05) is 26.4 Å². The number of hydrogen-bond acceptors (Lipinski definition) is 4. The summed E-state index contributed by atoms with van der Waals surface area (Å²) in [6.07, 6.45) is 2.09. The van der Waals surface area contributed by atoms with Crippen molar-refractivity contribution in [3.8, 4) is 0 Å². The van der Waals surface area contributed by atoms with Gasteiger partial charge in [0.2, 0.25) is 0 Å². The Morgan fingerprint density at radius 1 is 1.38 bits per heavy atom. The van der Waals surface area contributed by atoms with E-state index in [1.807, 2.05) is 6.92 Å². The van der Waals surface area contributed by atoms with E-state index < -0.39 is 5.97 Å². The Morgan fingerprint density at radius 2 is 2.10 bits per heavy atom. The first-order valence-electron chi connectivity index (χ1n) is 7.44. The molecule has 3 unspecified atom stereocenters. The summed E-state index contributed by atoms with van der Waals surface area (Å²) < 4.78 is 5.23. The molecule has 1 aliphatic heterocycles. The molecule has 0 aliphatic carbocycles. The highest BCUT2D eigenvalue weighted by molar-refractivity contribution is 5.75. The van der Waals surface area contributed by atoms with Crippen molar-refractivity contribution >= 4 is 12.0 Å². The number of carbonyl (C=O) groups excluding carboxylic acids is 1. The SMILES string of the molecule is CC(CCCC(C)C(=O)O)NC(=O)N1CCOCC1CO. The van der Waals surface area contributed by atoms with Crippen LogP contribution in [0.25, 0.3) is 0 Å². The van der Waals surface area contributed by atoms with Crippen LogP contribution in [0, 0.1) is 5.92 Å². The third-order valence-electron chi connectivity index (χ3n) is 3.76. The fourth-order valence-electron chi connectivity index (χ4n) is 2.29. The normalized spacial score (nSPS) is 21.7. The van der Waals surface area contributed by atoms with E-state index in [2.05, 4.69) is 5.32 Å². The molecule has 1 saturated heterocycles. The predicted octanol–water partition coefficient (Wildman–Crippen LogP) is 0.669. The number of carboxylic acid groups (broad SMARTS) is 1. The molecule has 0 aromatic heterocycles. The largest absolute Gasteiger partial charge is 0.481 e. The lowest BCUT2D eigenvalue weighted by molar-refractivity contribution is -0.141. The van der Waals surface area contributed by atoms with Crippen LogP contribution in [0.4, 0.5) is 4.79 Å². The van der Waals surface area contributed by atoms with Crippen LogP contribution in [-0.4, -0.2) is 65.6 Å². The number of nitrogens with one attached hydrogen (secondary N) is 1. The van der Waals surface area contributed by atoms with E-state index >= 15 is 0 Å². The lowest BCUT2D eigenvalue weighted by Gasteiger charge is -2.35. The number of morpholine rings is 1. The Bertz CT molecular complexity index is 350. The molecule has 0 radical (unpaired) electrons. The summed E-state index contributed by atoms with van der Waals surface area (Å²) in [4.78, 5) is 24.5. The van der Waals surface area contributed by atoms with Gasteiger partial charge in [-0.25, -0.2) is 4.79 Å². The zero-order chi connectivity index (χ0) is 15.8. The maximum absolute atomic E-state index is 12.1. The van der Waals surface area contributed by atoms with Crippen molar-refractivity contribution in [3.63, 3.8) is 0 Å². The van der Waals surface area contributed by atoms with E-state index in [0.29, 0.717) is 26.2 Å². The third kappa shape index (κ3) is 5.89. The van der Waals surface area contributed by atoms with E-state index in [4.69, 9.17) is 9.84 Å². The Balaban J connectivity index is 2.31. The van der Waals surface area contributed by atoms with E-state index in [9.17, 15) is 14.7 Å². The van der Waals surface area contributed by atoms with Crippen LogP contribution in [0.2, 0.25) is 0 Å². The summed E-state index contributed by atoms with van der Waals surface area (Å²) in [6, 6.07) is -0.519. The van der Waals surface area contributed by atoms with Crippen LogP contribution in [-0.2, 0) is 9.53 Å². The third-order valence-corrected chi connectivity index (χ3v) is 3.76. The van der Waals surface area contributed by atoms with Crippen molar-refractivity contribution in [3.05, 3.63) is 0 Å². The highest BCUT2D eigenvalue weighted by atomic mass is 16.5. The number of aliphatic carboxylic acids is 1. The van der Waals surface area contributed by atoms with Gasteiger partial charge in [0.05, 0.1) is 31.8 Å². The van der Waals surface area contributed by atoms with E-state index in [-0.39, 0.29) is 30.6 Å². The van der Waals surface area contributed by atoms with E-state index in [1.165, 1.54) is 0 Å². The first kappa shape index (κ1) is 17.7. The van der Waals surface area contributed by atoms with Gasteiger partial charge in [-0.3, -0.25) is 4.79 Å². The lowest BCUT2D eigenvalue weighted by atomic mass is 10.0. The summed E-state index contributed by atoms with van der Waals surface area (Å²) in [7, 11) is 0. The molecule has 1 aliphatic rings. The molecule has 1 heterocycles. The number of urea groups is 1. The minimum Gasteiger partial charge on any atom is -0.481 e. The van der Waals surface area contributed by atoms with Crippen LogP contribution >= 0.6 is 0 Å². The number of nitrogens with zero attached hydrogens (tertiary/aromatic N) is 1. The van der Waals surface area contributed by atoms with Gasteiger partial charge in [0, 0.05) is 12.6 Å². The molecule has 122 valence electrons. The number of rotatable bonds is 7. The molecule has 0 aromatic rings. The summed E-state index contributed by atoms with van der Waals surface area (Å²) in [5.74, 6) is -1.14. The molecule has 1 rings (SSSR count). The average molecular weight is 302 g/mol. The Hall–Kier alpha value is -1.34. The van der Waals surface area contributed by atoms with Crippen molar-refractivity contribution in [2.24, 2.45) is 5.92 Å². The topological polar surface area (TPSA) is 99.1 Å². The van der Waals surface area contributed by atoms with Gasteiger partial charge in [0.15, 0.2) is 0 Å². The maximum atomic E-state index is 12.1. The van der Waals surface area contributed by atoms with Crippen LogP contribution in [0.5, 0.6) is 0 Å². The zero-order valence-electron chi connectivity index (χ0n) is 12.7. The second-order valence-electron chi connectivity index (χ2n) is 5.63. The molecule has 1 fully saturated rings. The van der Waals surface area contributed by atoms with Gasteiger partial charge in [-0.15, -0.1) is 0 Å². The number of carbonyl (C=O) groups is 2. The molecule has 7 nitrogen and oxygen atoms in total. The highest BCUT2D eigenvalue weighted by Gasteiger charge is 2.27. The molecule has 2 amide bonds. The first-order chi connectivity index (χ1) is 9.95. The van der Waals surface area contributed by atoms with Gasteiger partial charge in [-0.2, -0.15) is 0 Å². The van der Waals surface area contributed by atoms with Crippen molar-refractivity contribution in [1.29, 1.82) is 0 Å². The standard InChI is InChI=1S/C14H26N2O5/c1-10(13(18)19)4-3-5-11(2)15-14(20)16-6-7-21-9-12(16)8-17/h10-12,17H,3-9H2,1-2H3,(H,15,20)(H,18,19). The monoisotopic (exact) mass is 302 g/mol. The number of aliphatic hydroxyl groups excluding tert-OH is 1. The number of carboxylic acids is 1. The summed E-state index contributed by atoms with van der Waals surface area (Å²) in [5.41, 5.74) is 0. The van der Waals surface area contributed by atoms with E-state index in [0.717, 1.165) is 12.8 Å². The van der Waals surface area contributed by atoms with Crippen LogP contribution in [0.3, 0.4) is 0 Å². The average Bonchev–Trinajstić information content (AvgIpc) is 2.46. The molecule has 3 atom stereocenters. The molecule has 0 spiro atoms. The fraction of sp³-hybridized carbons (Fsp3) is 0.857. The van der Waals surface area contributed by atoms with Gasteiger partial charge in [-0.1, -0.05) is 13.3 Å². The first-order valence-corrected chi connectivity index (χ1v) is 7.44. The highest BCUT2D eigenvalue weighted by Crippen LogP contribution is 2.11. The Labute approximate surface area is 125 Å². The van der Waals surface area contributed by atoms with Crippen LogP contribution in [0.1, 0.15) is 33.1 Å². The minimum absolute atomic E-state index is 0.0271. The smallest absolute Gasteiger partial charge is 0.318 e. The summed E-state index contributed by atoms with van der Waals surface area (Å²) in [6.45, 7) is 4.78. The number of amides is 2. The van der Waals surface area contributed by atoms with Gasteiger partial charge in [-0.05, 0) is 19.8 Å². The number of ether oxygens (including phenoxy) is 1. The zero-order valence-corrected chi connectivity index (χ0v) is 12.7. The van der Waals surface area contributed by atoms with Crippen LogP contribution in [0.15, 0.2) is 0 Å². The van der Waals surface area contributed by atoms with Crippen LogP contribution < -0.4 is 5.32 Å². The van der Waals surface area contributed by atoms with Gasteiger partial charge in [0.25, 0.3) is 0 Å². The van der Waals surface area contributed by atoms with Crippen molar-refractivity contribution in [2.45, 2.75) is 45.2 Å². The molecule has 3 N–H and O–H groups in total. The molecule has 0 aromatic carbocycles. The fourth-order valence-corrected chi connectivity index (χ4v) is 2.29. The Morgan fingerprint density at radius 3 is 2.71 bits per heavy atom. The molecule has 0 saturated carbocycles. The lowest BCUT2D eigenvalue weighted by Crippen LogP contribution is -2.55. The maximum Gasteiger partial charge on any atom is 0.318 e. The quantitative estimate of drug-likeness (QED) is 0.642. The van der Waals surface area contributed by atoms with Crippen molar-refractivity contribution in [1.82, 2.24) is 10.2 Å². The minimum atomic E-state index is -0.786. The van der Waals surface area contributed by atoms with Crippen molar-refractivity contribution < 1.29 is 24.5 Å². The number of hydrogen-bond donors (Lipinski definition) is 3. The van der Waals surface area contributed by atoms with Gasteiger partial charge < -0.3 is 25.2 Å².